The number of carbonyl (C=O) groups is 1. The average molecular weight is 338 g/mol. The highest BCUT2D eigenvalue weighted by Crippen LogP contribution is 2.14. The molecule has 1 N–H and O–H groups in total. The van der Waals surface area contributed by atoms with Crippen LogP contribution in [0.15, 0.2) is 12.1 Å². The number of hydrogen-bond donors (Lipinski definition) is 1. The highest BCUT2D eigenvalue weighted by atomic mass is 79.9. The van der Waals surface area contributed by atoms with Gasteiger partial charge in [-0.3, -0.25) is 4.79 Å². The molecule has 0 heterocycles. The van der Waals surface area contributed by atoms with Crippen molar-refractivity contribution >= 4 is 21.8 Å². The van der Waals surface area contributed by atoms with Crippen LogP contribution in [-0.2, 0) is 0 Å². The Kier molecular flexibility index (Phi) is 6.34. The van der Waals surface area contributed by atoms with Crippen LogP contribution in [0.4, 0.5) is 13.2 Å². The molecule has 19 heavy (non-hydrogen) atoms. The molecule has 1 unspecified atom stereocenters. The van der Waals surface area contributed by atoms with Gasteiger partial charge in [0, 0.05) is 17.4 Å². The van der Waals surface area contributed by atoms with Crippen LogP contribution in [0.2, 0.25) is 0 Å². The SMILES string of the molecule is CCC(CCBr)CNC(=O)c1cc(F)c(F)c(F)c1. The summed E-state index contributed by atoms with van der Waals surface area (Å²) in [4.78, 5) is 11.7. The molecule has 1 aromatic carbocycles. The number of rotatable bonds is 6. The van der Waals surface area contributed by atoms with E-state index in [-0.39, 0.29) is 5.56 Å². The molecule has 0 radical (unpaired) electrons. The van der Waals surface area contributed by atoms with Gasteiger partial charge in [-0.25, -0.2) is 13.2 Å². The van der Waals surface area contributed by atoms with E-state index in [9.17, 15) is 18.0 Å². The molecule has 0 aliphatic heterocycles. The van der Waals surface area contributed by atoms with Crippen molar-refractivity contribution in [1.82, 2.24) is 5.32 Å². The van der Waals surface area contributed by atoms with Crippen molar-refractivity contribution in [3.63, 3.8) is 0 Å². The summed E-state index contributed by atoms with van der Waals surface area (Å²) in [6, 6.07) is 1.39. The number of halogens is 4. The van der Waals surface area contributed by atoms with Crippen molar-refractivity contribution in [2.45, 2.75) is 19.8 Å². The Hall–Kier alpha value is -1.04. The van der Waals surface area contributed by atoms with Gasteiger partial charge in [0.2, 0.25) is 0 Å². The number of amides is 1. The molecule has 1 aromatic rings. The molecule has 106 valence electrons. The monoisotopic (exact) mass is 337 g/mol. The highest BCUT2D eigenvalue weighted by Gasteiger charge is 2.15. The lowest BCUT2D eigenvalue weighted by Crippen LogP contribution is -2.29. The van der Waals surface area contributed by atoms with Crippen LogP contribution in [0.1, 0.15) is 30.1 Å². The van der Waals surface area contributed by atoms with Crippen molar-refractivity contribution in [3.8, 4) is 0 Å². The lowest BCUT2D eigenvalue weighted by Gasteiger charge is -2.14. The van der Waals surface area contributed by atoms with Crippen LogP contribution in [0.5, 0.6) is 0 Å². The fraction of sp³-hybridized carbons (Fsp3) is 0.462. The third-order valence-corrected chi connectivity index (χ3v) is 3.35. The fourth-order valence-electron chi connectivity index (χ4n) is 1.63. The molecular formula is C13H15BrF3NO. The summed E-state index contributed by atoms with van der Waals surface area (Å²) in [5, 5.41) is 3.41. The molecule has 1 amide bonds. The maximum atomic E-state index is 13.0. The number of benzene rings is 1. The Balaban J connectivity index is 2.68. The Bertz CT molecular complexity index is 431. The van der Waals surface area contributed by atoms with Gasteiger partial charge in [-0.15, -0.1) is 0 Å². The van der Waals surface area contributed by atoms with Gasteiger partial charge in [-0.05, 0) is 24.5 Å². The molecule has 0 fully saturated rings. The predicted molar refractivity (Wildman–Crippen MR) is 70.8 cm³/mol. The van der Waals surface area contributed by atoms with Crippen LogP contribution >= 0.6 is 15.9 Å². The fourth-order valence-corrected chi connectivity index (χ4v) is 2.28. The van der Waals surface area contributed by atoms with E-state index in [0.29, 0.717) is 24.6 Å². The minimum absolute atomic E-state index is 0.218. The summed E-state index contributed by atoms with van der Waals surface area (Å²) in [7, 11) is 0. The second-order valence-electron chi connectivity index (χ2n) is 4.22. The third-order valence-electron chi connectivity index (χ3n) is 2.89. The average Bonchev–Trinajstić information content (AvgIpc) is 2.39. The summed E-state index contributed by atoms with van der Waals surface area (Å²) in [6.45, 7) is 2.41. The number of carbonyl (C=O) groups excluding carboxylic acids is 1. The maximum absolute atomic E-state index is 13.0. The summed E-state index contributed by atoms with van der Waals surface area (Å²) in [5.74, 6) is -4.61. The van der Waals surface area contributed by atoms with Gasteiger partial charge >= 0.3 is 0 Å². The van der Waals surface area contributed by atoms with Crippen LogP contribution in [-0.4, -0.2) is 17.8 Å². The zero-order valence-electron chi connectivity index (χ0n) is 10.5. The summed E-state index contributed by atoms with van der Waals surface area (Å²) < 4.78 is 38.7. The lowest BCUT2D eigenvalue weighted by atomic mass is 10.0. The quantitative estimate of drug-likeness (QED) is 0.623. The van der Waals surface area contributed by atoms with E-state index in [1.807, 2.05) is 6.92 Å². The van der Waals surface area contributed by atoms with Crippen molar-refractivity contribution in [2.24, 2.45) is 5.92 Å². The molecular weight excluding hydrogens is 323 g/mol. The first-order valence-electron chi connectivity index (χ1n) is 5.98. The minimum atomic E-state index is -1.57. The van der Waals surface area contributed by atoms with E-state index in [2.05, 4.69) is 21.2 Å². The Morgan fingerprint density at radius 2 is 1.89 bits per heavy atom. The van der Waals surface area contributed by atoms with Crippen LogP contribution in [0.25, 0.3) is 0 Å². The molecule has 1 atom stereocenters. The van der Waals surface area contributed by atoms with Gasteiger partial charge in [0.25, 0.3) is 5.91 Å². The molecule has 0 aliphatic rings. The van der Waals surface area contributed by atoms with Crippen molar-refractivity contribution in [1.29, 1.82) is 0 Å². The number of alkyl halides is 1. The summed E-state index contributed by atoms with van der Waals surface area (Å²) in [6.07, 6.45) is 1.78. The highest BCUT2D eigenvalue weighted by molar-refractivity contribution is 9.09. The Morgan fingerprint density at radius 3 is 2.37 bits per heavy atom. The molecule has 6 heteroatoms. The first kappa shape index (κ1) is 16.0. The van der Waals surface area contributed by atoms with E-state index >= 15 is 0 Å². The van der Waals surface area contributed by atoms with Crippen LogP contribution in [0, 0.1) is 23.4 Å². The van der Waals surface area contributed by atoms with Gasteiger partial charge in [0.05, 0.1) is 0 Å². The predicted octanol–water partition coefficient (Wildman–Crippen LogP) is 3.64. The van der Waals surface area contributed by atoms with E-state index in [1.54, 1.807) is 0 Å². The molecule has 1 rings (SSSR count). The zero-order chi connectivity index (χ0) is 14.4. The van der Waals surface area contributed by atoms with Crippen molar-refractivity contribution in [2.75, 3.05) is 11.9 Å². The molecule has 2 nitrogen and oxygen atoms in total. The number of nitrogens with one attached hydrogen (secondary N) is 1. The summed E-state index contributed by atoms with van der Waals surface area (Å²) in [5.41, 5.74) is -0.218. The lowest BCUT2D eigenvalue weighted by molar-refractivity contribution is 0.0945. The normalized spacial score (nSPS) is 12.3. The van der Waals surface area contributed by atoms with E-state index in [0.717, 1.165) is 18.2 Å². The topological polar surface area (TPSA) is 29.1 Å². The minimum Gasteiger partial charge on any atom is -0.352 e. The van der Waals surface area contributed by atoms with Crippen LogP contribution < -0.4 is 5.32 Å². The van der Waals surface area contributed by atoms with Gasteiger partial charge < -0.3 is 5.32 Å². The van der Waals surface area contributed by atoms with Crippen molar-refractivity contribution < 1.29 is 18.0 Å². The standard InChI is InChI=1S/C13H15BrF3NO/c1-2-8(3-4-14)7-18-13(19)9-5-10(15)12(17)11(16)6-9/h5-6,8H,2-4,7H2,1H3,(H,18,19). The van der Waals surface area contributed by atoms with Gasteiger partial charge in [-0.1, -0.05) is 29.3 Å². The first-order chi connectivity index (χ1) is 8.99. The largest absolute Gasteiger partial charge is 0.352 e. The Morgan fingerprint density at radius 1 is 1.32 bits per heavy atom. The second kappa shape index (κ2) is 7.53. The Labute approximate surface area is 118 Å². The van der Waals surface area contributed by atoms with Gasteiger partial charge in [-0.2, -0.15) is 0 Å². The third kappa shape index (κ3) is 4.53. The number of hydrogen-bond acceptors (Lipinski definition) is 1. The maximum Gasteiger partial charge on any atom is 0.251 e. The van der Waals surface area contributed by atoms with Crippen molar-refractivity contribution in [3.05, 3.63) is 35.1 Å². The molecule has 0 spiro atoms. The van der Waals surface area contributed by atoms with E-state index in [4.69, 9.17) is 0 Å². The molecule has 0 saturated heterocycles. The van der Waals surface area contributed by atoms with E-state index < -0.39 is 23.4 Å². The first-order valence-corrected chi connectivity index (χ1v) is 7.10. The molecule has 0 saturated carbocycles. The second-order valence-corrected chi connectivity index (χ2v) is 5.01. The molecule has 0 aliphatic carbocycles. The molecule has 0 bridgehead atoms. The van der Waals surface area contributed by atoms with E-state index in [1.165, 1.54) is 0 Å². The molecule has 0 aromatic heterocycles. The van der Waals surface area contributed by atoms with Crippen LogP contribution in [0.3, 0.4) is 0 Å². The summed E-state index contributed by atoms with van der Waals surface area (Å²) >= 11 is 3.32. The zero-order valence-corrected chi connectivity index (χ0v) is 12.1. The van der Waals surface area contributed by atoms with Gasteiger partial charge in [0.1, 0.15) is 0 Å². The van der Waals surface area contributed by atoms with Gasteiger partial charge in [0.15, 0.2) is 17.5 Å². The smallest absolute Gasteiger partial charge is 0.251 e.